The molecule has 0 amide bonds. The molecule has 0 atom stereocenters. The second-order valence-electron chi connectivity index (χ2n) is 11.7. The van der Waals surface area contributed by atoms with Crippen molar-refractivity contribution in [3.8, 4) is 11.5 Å². The van der Waals surface area contributed by atoms with Crippen LogP contribution in [0.3, 0.4) is 0 Å². The van der Waals surface area contributed by atoms with Gasteiger partial charge >= 0.3 is 35.6 Å². The fourth-order valence-electron chi connectivity index (χ4n) is 4.03. The van der Waals surface area contributed by atoms with Crippen molar-refractivity contribution in [2.75, 3.05) is 0 Å². The van der Waals surface area contributed by atoms with Crippen LogP contribution in [0.15, 0.2) is 82.8 Å². The zero-order valence-electron chi connectivity index (χ0n) is 25.6. The van der Waals surface area contributed by atoms with Crippen LogP contribution in [0, 0.1) is 23.3 Å². The molecule has 0 aliphatic heterocycles. The third-order valence-electron chi connectivity index (χ3n) is 6.29. The number of aliphatic imine (C=N–C) groups is 2. The number of phenols is 2. The Bertz CT molecular complexity index is 1490. The average Bonchev–Trinajstić information content (AvgIpc) is 2.93. The van der Waals surface area contributed by atoms with Gasteiger partial charge in [-0.25, -0.2) is 27.5 Å². The van der Waals surface area contributed by atoms with E-state index in [4.69, 9.17) is 18.6 Å². The van der Waals surface area contributed by atoms with Crippen LogP contribution in [0.25, 0.3) is 0 Å². The van der Waals surface area contributed by atoms with Crippen molar-refractivity contribution in [2.24, 2.45) is 9.98 Å². The van der Waals surface area contributed by atoms with E-state index in [1.54, 1.807) is 24.3 Å². The van der Waals surface area contributed by atoms with Gasteiger partial charge in [0, 0.05) is 23.6 Å². The number of aromatic hydroxyl groups is 2. The van der Waals surface area contributed by atoms with E-state index in [1.165, 1.54) is 24.6 Å². The Labute approximate surface area is 278 Å². The molecular formula is C34H34Cl2F4N2O2Ti. The summed E-state index contributed by atoms with van der Waals surface area (Å²) in [6.45, 7) is 11.8. The van der Waals surface area contributed by atoms with Crippen LogP contribution in [0.2, 0.25) is 0 Å². The molecule has 0 radical (unpaired) electrons. The van der Waals surface area contributed by atoms with E-state index in [-0.39, 0.29) is 33.7 Å². The zero-order valence-corrected chi connectivity index (χ0v) is 28.7. The topological polar surface area (TPSA) is 65.2 Å². The molecule has 238 valence electrons. The normalized spacial score (nSPS) is 11.6. The van der Waals surface area contributed by atoms with Crippen LogP contribution in [-0.2, 0) is 27.9 Å². The van der Waals surface area contributed by atoms with E-state index < -0.39 is 40.3 Å². The number of halogens is 6. The Hall–Kier alpha value is -3.17. The first-order valence-electron chi connectivity index (χ1n) is 13.6. The van der Waals surface area contributed by atoms with Crippen LogP contribution < -0.4 is 0 Å². The molecule has 0 aromatic heterocycles. The number of benzene rings is 4. The molecule has 0 saturated heterocycles. The van der Waals surface area contributed by atoms with Gasteiger partial charge in [0.15, 0.2) is 23.3 Å². The third-order valence-corrected chi connectivity index (χ3v) is 6.29. The van der Waals surface area contributed by atoms with E-state index in [0.29, 0.717) is 11.1 Å². The maximum absolute atomic E-state index is 13.5. The molecule has 0 heterocycles. The molecule has 4 nitrogen and oxygen atoms in total. The summed E-state index contributed by atoms with van der Waals surface area (Å²) in [4.78, 5) is 7.65. The predicted octanol–water partition coefficient (Wildman–Crippen LogP) is 10.8. The molecule has 0 aliphatic rings. The van der Waals surface area contributed by atoms with Crippen LogP contribution >= 0.6 is 18.6 Å². The molecule has 0 saturated carbocycles. The van der Waals surface area contributed by atoms with Gasteiger partial charge in [-0.2, -0.15) is 0 Å². The second kappa shape index (κ2) is 16.9. The van der Waals surface area contributed by atoms with Crippen molar-refractivity contribution in [1.29, 1.82) is 0 Å². The quantitative estimate of drug-likeness (QED) is 0.127. The summed E-state index contributed by atoms with van der Waals surface area (Å²) < 4.78 is 54.0. The maximum atomic E-state index is 13.5. The Kier molecular flexibility index (Phi) is 14.3. The van der Waals surface area contributed by atoms with E-state index in [2.05, 4.69) is 9.98 Å². The summed E-state index contributed by atoms with van der Waals surface area (Å²) in [5.74, 6) is -2.80. The fourth-order valence-corrected chi connectivity index (χ4v) is 4.03. The number of para-hydroxylation sites is 4. The van der Waals surface area contributed by atoms with Crippen molar-refractivity contribution < 1.29 is 44.8 Å². The Morgan fingerprint density at radius 3 is 1.09 bits per heavy atom. The Morgan fingerprint density at radius 2 is 0.822 bits per heavy atom. The van der Waals surface area contributed by atoms with Crippen molar-refractivity contribution in [3.05, 3.63) is 118 Å². The molecule has 2 N–H and O–H groups in total. The summed E-state index contributed by atoms with van der Waals surface area (Å²) in [7, 11) is 9.78. The van der Waals surface area contributed by atoms with E-state index >= 15 is 0 Å². The van der Waals surface area contributed by atoms with Gasteiger partial charge in [0.1, 0.15) is 22.9 Å². The van der Waals surface area contributed by atoms with Gasteiger partial charge in [-0.05, 0) is 58.4 Å². The van der Waals surface area contributed by atoms with E-state index in [0.717, 1.165) is 35.4 Å². The molecule has 4 aromatic carbocycles. The van der Waals surface area contributed by atoms with Gasteiger partial charge in [-0.3, -0.25) is 0 Å². The molecule has 0 unspecified atom stereocenters. The van der Waals surface area contributed by atoms with Gasteiger partial charge in [-0.15, -0.1) is 0 Å². The third kappa shape index (κ3) is 11.0. The summed E-state index contributed by atoms with van der Waals surface area (Å²) in [5, 5.41) is 20.5. The van der Waals surface area contributed by atoms with Crippen molar-refractivity contribution in [1.82, 2.24) is 0 Å². The molecule has 0 spiro atoms. The minimum atomic E-state index is -0.738. The van der Waals surface area contributed by atoms with Crippen LogP contribution in [0.1, 0.15) is 63.8 Å². The van der Waals surface area contributed by atoms with E-state index in [9.17, 15) is 27.8 Å². The summed E-state index contributed by atoms with van der Waals surface area (Å²) in [6.07, 6.45) is 2.54. The first kappa shape index (κ1) is 38.0. The van der Waals surface area contributed by atoms with Gasteiger partial charge in [0.05, 0.1) is 0 Å². The molecule has 45 heavy (non-hydrogen) atoms. The molecule has 4 rings (SSSR count). The Morgan fingerprint density at radius 1 is 0.556 bits per heavy atom. The first-order chi connectivity index (χ1) is 21.0. The van der Waals surface area contributed by atoms with Crippen LogP contribution in [-0.4, -0.2) is 22.6 Å². The summed E-state index contributed by atoms with van der Waals surface area (Å²) in [6, 6.07) is 17.6. The molecule has 0 aliphatic carbocycles. The molecular weight excluding hydrogens is 663 g/mol. The number of nitrogens with zero attached hydrogens (tertiary/aromatic N) is 2. The minimum absolute atomic E-state index is 0.0745. The number of hydrogen-bond donors (Lipinski definition) is 2. The van der Waals surface area contributed by atoms with Gasteiger partial charge in [0.25, 0.3) is 0 Å². The van der Waals surface area contributed by atoms with Crippen LogP contribution in [0.4, 0.5) is 28.9 Å². The Balaban J connectivity index is 0.000000288. The molecule has 11 heteroatoms. The second-order valence-corrected chi connectivity index (χ2v) is 14.3. The zero-order chi connectivity index (χ0) is 33.9. The average molecular weight is 697 g/mol. The number of phenolic OH excluding ortho intramolecular Hbond substituents is 2. The molecule has 0 fully saturated rings. The summed E-state index contributed by atoms with van der Waals surface area (Å²) >= 11 is -0.556. The molecule has 4 aromatic rings. The standard InChI is InChI=1S/2C17H17F2NO.2ClH.Ti/c2*1-17(2,3)12-7-4-6-11(16(12)21)10-20-15-13(18)8-5-9-14(15)19;;;/h2*4-10,21H,1-3H3;2*1H;/q;;;;+2/p-2. The first-order valence-corrected chi connectivity index (χ1v) is 17.9. The molecule has 0 bridgehead atoms. The van der Waals surface area contributed by atoms with Gasteiger partial charge in [-0.1, -0.05) is 77.9 Å². The fraction of sp³-hybridized carbons (Fsp3) is 0.235. The SMILES string of the molecule is CC(C)(C)c1cccc(C=Nc2c(F)cccc2F)c1O.CC(C)(C)c1cccc(C=Nc2c(F)cccc2F)c1O.[Cl][Ti][Cl]. The van der Waals surface area contributed by atoms with Crippen molar-refractivity contribution in [3.63, 3.8) is 0 Å². The van der Waals surface area contributed by atoms with Crippen molar-refractivity contribution >= 4 is 42.4 Å². The van der Waals surface area contributed by atoms with Gasteiger partial charge in [0.2, 0.25) is 0 Å². The summed E-state index contributed by atoms with van der Waals surface area (Å²) in [5.41, 5.74) is 1.14. The number of rotatable bonds is 4. The van der Waals surface area contributed by atoms with E-state index in [1.807, 2.05) is 53.7 Å². The van der Waals surface area contributed by atoms with Crippen molar-refractivity contribution in [2.45, 2.75) is 52.4 Å². The number of hydrogen-bond acceptors (Lipinski definition) is 4. The monoisotopic (exact) mass is 696 g/mol. The van der Waals surface area contributed by atoms with Crippen LogP contribution in [0.5, 0.6) is 11.5 Å². The van der Waals surface area contributed by atoms with Gasteiger partial charge < -0.3 is 10.2 Å². The predicted molar refractivity (Wildman–Crippen MR) is 173 cm³/mol.